The normalized spacial score (nSPS) is 10.1. The molecule has 3 nitrogen and oxygen atoms in total. The lowest BCUT2D eigenvalue weighted by atomic mass is 10.3. The van der Waals surface area contributed by atoms with Crippen LogP contribution in [-0.4, -0.2) is 17.3 Å². The highest BCUT2D eigenvalue weighted by atomic mass is 19.3. The van der Waals surface area contributed by atoms with Gasteiger partial charge < -0.3 is 5.32 Å². The Balaban J connectivity index is 2.40. The van der Waals surface area contributed by atoms with Gasteiger partial charge in [0.05, 0.1) is 0 Å². The Hall–Kier alpha value is -1.52. The molecule has 0 aliphatic carbocycles. The van der Waals surface area contributed by atoms with Gasteiger partial charge in [0.15, 0.2) is 0 Å². The molecule has 0 saturated heterocycles. The zero-order valence-electron chi connectivity index (χ0n) is 6.71. The first-order valence-corrected chi connectivity index (χ1v) is 3.65. The van der Waals surface area contributed by atoms with Gasteiger partial charge in [0.2, 0.25) is 0 Å². The number of aromatic nitrogens is 1. The highest BCUT2D eigenvalue weighted by Crippen LogP contribution is 1.96. The molecule has 0 fully saturated rings. The van der Waals surface area contributed by atoms with Crippen LogP contribution in [0.3, 0.4) is 0 Å². The minimum atomic E-state index is -2.96. The number of halogens is 2. The molecule has 0 bridgehead atoms. The number of alkyl halides is 2. The van der Waals surface area contributed by atoms with Gasteiger partial charge in [-0.3, -0.25) is 9.78 Å². The lowest BCUT2D eigenvalue weighted by Crippen LogP contribution is -2.28. The van der Waals surface area contributed by atoms with E-state index in [2.05, 4.69) is 10.3 Å². The van der Waals surface area contributed by atoms with Crippen molar-refractivity contribution in [3.63, 3.8) is 0 Å². The lowest BCUT2D eigenvalue weighted by molar-refractivity contribution is -0.131. The lowest BCUT2D eigenvalue weighted by Gasteiger charge is -2.02. The fraction of sp³-hybridized carbons (Fsp3) is 0.250. The Kier molecular flexibility index (Phi) is 3.31. The summed E-state index contributed by atoms with van der Waals surface area (Å²) in [5.41, 5.74) is 0.691. The number of carbonyl (C=O) groups excluding carboxylic acids is 1. The maximum absolute atomic E-state index is 11.7. The van der Waals surface area contributed by atoms with Gasteiger partial charge in [-0.2, -0.15) is 8.78 Å². The topological polar surface area (TPSA) is 42.0 Å². The fourth-order valence-corrected chi connectivity index (χ4v) is 0.769. The number of nitrogens with one attached hydrogen (secondary N) is 1. The summed E-state index contributed by atoms with van der Waals surface area (Å²) in [4.78, 5) is 14.2. The van der Waals surface area contributed by atoms with Crippen LogP contribution in [0.2, 0.25) is 0 Å². The molecule has 1 heterocycles. The van der Waals surface area contributed by atoms with Gasteiger partial charge in [0.1, 0.15) is 0 Å². The Morgan fingerprint density at radius 3 is 2.92 bits per heavy atom. The van der Waals surface area contributed by atoms with E-state index in [1.807, 2.05) is 0 Å². The maximum atomic E-state index is 11.7. The first-order chi connectivity index (χ1) is 6.20. The Labute approximate surface area is 73.8 Å². The molecule has 70 valence electrons. The number of nitrogens with zero attached hydrogens (tertiary/aromatic N) is 1. The summed E-state index contributed by atoms with van der Waals surface area (Å²) in [5.74, 6) is -1.26. The molecular formula is C8H8F2N2O. The third-order valence-corrected chi connectivity index (χ3v) is 1.39. The molecule has 0 spiro atoms. The van der Waals surface area contributed by atoms with Crippen molar-refractivity contribution >= 4 is 5.91 Å². The molecule has 1 N–H and O–H groups in total. The van der Waals surface area contributed by atoms with Crippen LogP contribution >= 0.6 is 0 Å². The van der Waals surface area contributed by atoms with Gasteiger partial charge in [-0.05, 0) is 11.6 Å². The Morgan fingerprint density at radius 2 is 2.38 bits per heavy atom. The van der Waals surface area contributed by atoms with E-state index in [1.54, 1.807) is 18.3 Å². The average molecular weight is 186 g/mol. The van der Waals surface area contributed by atoms with Crippen molar-refractivity contribution in [3.05, 3.63) is 30.1 Å². The zero-order valence-corrected chi connectivity index (χ0v) is 6.71. The van der Waals surface area contributed by atoms with E-state index in [0.717, 1.165) is 0 Å². The van der Waals surface area contributed by atoms with Crippen molar-refractivity contribution < 1.29 is 13.6 Å². The van der Waals surface area contributed by atoms with Gasteiger partial charge in [-0.25, -0.2) is 0 Å². The van der Waals surface area contributed by atoms with Gasteiger partial charge in [-0.15, -0.1) is 0 Å². The average Bonchev–Trinajstić information content (AvgIpc) is 2.15. The molecular weight excluding hydrogens is 178 g/mol. The molecule has 0 aromatic carbocycles. The number of amides is 1. The van der Waals surface area contributed by atoms with E-state index in [1.165, 1.54) is 6.20 Å². The first-order valence-electron chi connectivity index (χ1n) is 3.65. The number of hydrogen-bond donors (Lipinski definition) is 1. The van der Waals surface area contributed by atoms with E-state index in [-0.39, 0.29) is 6.54 Å². The largest absolute Gasteiger partial charge is 0.347 e. The first kappa shape index (κ1) is 9.57. The van der Waals surface area contributed by atoms with E-state index in [9.17, 15) is 13.6 Å². The van der Waals surface area contributed by atoms with Gasteiger partial charge in [-0.1, -0.05) is 6.07 Å². The van der Waals surface area contributed by atoms with Crippen LogP contribution in [0, 0.1) is 0 Å². The molecule has 0 atom stereocenters. The molecule has 1 rings (SSSR count). The quantitative estimate of drug-likeness (QED) is 0.764. The van der Waals surface area contributed by atoms with Crippen LogP contribution in [0.5, 0.6) is 0 Å². The summed E-state index contributed by atoms with van der Waals surface area (Å²) in [5, 5.41) is 2.07. The van der Waals surface area contributed by atoms with E-state index in [0.29, 0.717) is 5.56 Å². The van der Waals surface area contributed by atoms with E-state index >= 15 is 0 Å². The summed E-state index contributed by atoms with van der Waals surface area (Å²) in [6.07, 6.45) is 0.112. The van der Waals surface area contributed by atoms with Crippen molar-refractivity contribution in [3.8, 4) is 0 Å². The standard InChI is InChI=1S/C8H8F2N2O/c9-7(10)8(13)12-5-6-2-1-3-11-4-6/h1-4,7H,5H2,(H,12,13). The second kappa shape index (κ2) is 4.49. The van der Waals surface area contributed by atoms with Gasteiger partial charge in [0.25, 0.3) is 5.91 Å². The van der Waals surface area contributed by atoms with Crippen LogP contribution in [0.25, 0.3) is 0 Å². The minimum Gasteiger partial charge on any atom is -0.347 e. The fourth-order valence-electron chi connectivity index (χ4n) is 0.769. The summed E-state index contributed by atoms with van der Waals surface area (Å²) >= 11 is 0. The second-order valence-electron chi connectivity index (χ2n) is 2.38. The minimum absolute atomic E-state index is 0.0804. The van der Waals surface area contributed by atoms with Gasteiger partial charge in [0, 0.05) is 18.9 Å². The predicted octanol–water partition coefficient (Wildman–Crippen LogP) is 0.963. The van der Waals surface area contributed by atoms with Crippen molar-refractivity contribution in [2.24, 2.45) is 0 Å². The van der Waals surface area contributed by atoms with Crippen molar-refractivity contribution in [1.29, 1.82) is 0 Å². The molecule has 0 unspecified atom stereocenters. The molecule has 0 aliphatic heterocycles. The predicted molar refractivity (Wildman–Crippen MR) is 42.1 cm³/mol. The Bertz CT molecular complexity index is 277. The monoisotopic (exact) mass is 186 g/mol. The van der Waals surface area contributed by atoms with Crippen LogP contribution in [0.4, 0.5) is 8.78 Å². The SMILES string of the molecule is O=C(NCc1cccnc1)C(F)F. The van der Waals surface area contributed by atoms with E-state index in [4.69, 9.17) is 0 Å². The van der Waals surface area contributed by atoms with Crippen LogP contribution in [0.1, 0.15) is 5.56 Å². The highest BCUT2D eigenvalue weighted by molar-refractivity contribution is 5.78. The van der Waals surface area contributed by atoms with Crippen LogP contribution in [-0.2, 0) is 11.3 Å². The molecule has 13 heavy (non-hydrogen) atoms. The molecule has 0 radical (unpaired) electrons. The molecule has 1 aromatic heterocycles. The van der Waals surface area contributed by atoms with Crippen molar-refractivity contribution in [2.45, 2.75) is 13.0 Å². The van der Waals surface area contributed by atoms with Crippen LogP contribution < -0.4 is 5.32 Å². The summed E-state index contributed by atoms with van der Waals surface area (Å²) in [7, 11) is 0. The third kappa shape index (κ3) is 3.14. The maximum Gasteiger partial charge on any atom is 0.315 e. The number of rotatable bonds is 3. The molecule has 5 heteroatoms. The van der Waals surface area contributed by atoms with Crippen molar-refractivity contribution in [1.82, 2.24) is 10.3 Å². The second-order valence-corrected chi connectivity index (χ2v) is 2.38. The van der Waals surface area contributed by atoms with Crippen molar-refractivity contribution in [2.75, 3.05) is 0 Å². The van der Waals surface area contributed by atoms with E-state index < -0.39 is 12.3 Å². The number of pyridine rings is 1. The Morgan fingerprint density at radius 1 is 1.62 bits per heavy atom. The smallest absolute Gasteiger partial charge is 0.315 e. The number of hydrogen-bond acceptors (Lipinski definition) is 2. The summed E-state index contributed by atoms with van der Waals surface area (Å²) in [6.45, 7) is 0.0804. The zero-order chi connectivity index (χ0) is 9.68. The number of carbonyl (C=O) groups is 1. The van der Waals surface area contributed by atoms with Gasteiger partial charge >= 0.3 is 6.43 Å². The third-order valence-electron chi connectivity index (χ3n) is 1.39. The van der Waals surface area contributed by atoms with Crippen LogP contribution in [0.15, 0.2) is 24.5 Å². The molecule has 1 aromatic rings. The molecule has 1 amide bonds. The molecule has 0 saturated carbocycles. The molecule has 0 aliphatic rings. The highest BCUT2D eigenvalue weighted by Gasteiger charge is 2.13. The summed E-state index contributed by atoms with van der Waals surface area (Å²) < 4.78 is 23.4. The summed E-state index contributed by atoms with van der Waals surface area (Å²) in [6, 6.07) is 3.36.